The number of carbonyl (C=O) groups is 1. The van der Waals surface area contributed by atoms with Crippen LogP contribution in [-0.2, 0) is 0 Å². The molecule has 0 aliphatic carbocycles. The fraction of sp³-hybridized carbons (Fsp3) is 0.500. The third kappa shape index (κ3) is 3.49. The second-order valence-corrected chi connectivity index (χ2v) is 5.12. The summed E-state index contributed by atoms with van der Waals surface area (Å²) in [4.78, 5) is 24.7. The molecule has 0 radical (unpaired) electrons. The molecule has 1 amide bonds. The van der Waals surface area contributed by atoms with Crippen molar-refractivity contribution in [3.8, 4) is 0 Å². The standard InChI is InChI=1S/C14H20N4O3/c1-3-15-14(19)11-4-5-12(18(20)21)13(8-11)17-7-6-16-10(2)9-17/h4-5,8,10,16H,3,6-7,9H2,1-2H3,(H,15,19)/t10-/m0/s1. The SMILES string of the molecule is CCNC(=O)c1ccc([N+](=O)[O-])c(N2CCN[C@@H](C)C2)c1. The van der Waals surface area contributed by atoms with Crippen LogP contribution in [0.5, 0.6) is 0 Å². The van der Waals surface area contributed by atoms with Crippen molar-refractivity contribution in [2.24, 2.45) is 0 Å². The van der Waals surface area contributed by atoms with E-state index < -0.39 is 4.92 Å². The number of nitrogens with zero attached hydrogens (tertiary/aromatic N) is 2. The summed E-state index contributed by atoms with van der Waals surface area (Å²) >= 11 is 0. The highest BCUT2D eigenvalue weighted by Gasteiger charge is 2.24. The molecular weight excluding hydrogens is 272 g/mol. The van der Waals surface area contributed by atoms with Crippen LogP contribution in [-0.4, -0.2) is 43.1 Å². The van der Waals surface area contributed by atoms with E-state index in [-0.39, 0.29) is 17.6 Å². The summed E-state index contributed by atoms with van der Waals surface area (Å²) in [5.41, 5.74) is 0.998. The van der Waals surface area contributed by atoms with E-state index in [1.165, 1.54) is 12.1 Å². The Kier molecular flexibility index (Phi) is 4.74. The summed E-state index contributed by atoms with van der Waals surface area (Å²) in [5.74, 6) is -0.211. The van der Waals surface area contributed by atoms with Crippen LogP contribution in [0.2, 0.25) is 0 Å². The second-order valence-electron chi connectivity index (χ2n) is 5.12. The molecule has 0 spiro atoms. The highest BCUT2D eigenvalue weighted by Crippen LogP contribution is 2.30. The van der Waals surface area contributed by atoms with Gasteiger partial charge < -0.3 is 15.5 Å². The van der Waals surface area contributed by atoms with Crippen LogP contribution in [0, 0.1) is 10.1 Å². The summed E-state index contributed by atoms with van der Waals surface area (Å²) in [5, 5.41) is 17.2. The lowest BCUT2D eigenvalue weighted by Gasteiger charge is -2.33. The molecule has 1 aromatic rings. The molecule has 1 atom stereocenters. The molecule has 1 fully saturated rings. The van der Waals surface area contributed by atoms with Crippen molar-refractivity contribution in [1.82, 2.24) is 10.6 Å². The molecule has 0 bridgehead atoms. The van der Waals surface area contributed by atoms with E-state index in [1.54, 1.807) is 6.07 Å². The summed E-state index contributed by atoms with van der Waals surface area (Å²) in [6, 6.07) is 4.78. The predicted molar refractivity (Wildman–Crippen MR) is 80.8 cm³/mol. The van der Waals surface area contributed by atoms with Gasteiger partial charge in [-0.05, 0) is 26.0 Å². The first-order valence-electron chi connectivity index (χ1n) is 7.08. The van der Waals surface area contributed by atoms with Gasteiger partial charge in [-0.25, -0.2) is 0 Å². The van der Waals surface area contributed by atoms with Crippen molar-refractivity contribution in [3.63, 3.8) is 0 Å². The van der Waals surface area contributed by atoms with Gasteiger partial charge in [0.2, 0.25) is 0 Å². The average Bonchev–Trinajstić information content (AvgIpc) is 2.46. The molecule has 0 unspecified atom stereocenters. The number of carbonyl (C=O) groups excluding carboxylic acids is 1. The maximum atomic E-state index is 11.9. The highest BCUT2D eigenvalue weighted by atomic mass is 16.6. The molecule has 21 heavy (non-hydrogen) atoms. The van der Waals surface area contributed by atoms with Crippen LogP contribution in [0.25, 0.3) is 0 Å². The van der Waals surface area contributed by atoms with Gasteiger partial charge in [-0.15, -0.1) is 0 Å². The molecule has 1 heterocycles. The van der Waals surface area contributed by atoms with Gasteiger partial charge in [0, 0.05) is 43.9 Å². The van der Waals surface area contributed by atoms with Gasteiger partial charge in [-0.1, -0.05) is 0 Å². The Hall–Kier alpha value is -2.15. The average molecular weight is 292 g/mol. The van der Waals surface area contributed by atoms with E-state index in [0.717, 1.165) is 6.54 Å². The van der Waals surface area contributed by atoms with E-state index in [4.69, 9.17) is 0 Å². The van der Waals surface area contributed by atoms with Crippen molar-refractivity contribution in [2.75, 3.05) is 31.1 Å². The summed E-state index contributed by atoms with van der Waals surface area (Å²) in [7, 11) is 0. The zero-order valence-corrected chi connectivity index (χ0v) is 12.3. The van der Waals surface area contributed by atoms with Gasteiger partial charge in [0.25, 0.3) is 11.6 Å². The minimum Gasteiger partial charge on any atom is -0.363 e. The Morgan fingerprint density at radius 3 is 2.95 bits per heavy atom. The lowest BCUT2D eigenvalue weighted by molar-refractivity contribution is -0.384. The Morgan fingerprint density at radius 1 is 1.57 bits per heavy atom. The topological polar surface area (TPSA) is 87.5 Å². The maximum Gasteiger partial charge on any atom is 0.292 e. The van der Waals surface area contributed by atoms with Crippen molar-refractivity contribution in [2.45, 2.75) is 19.9 Å². The van der Waals surface area contributed by atoms with Crippen LogP contribution in [0.1, 0.15) is 24.2 Å². The summed E-state index contributed by atoms with van der Waals surface area (Å²) in [6.45, 7) is 6.52. The molecule has 1 aliphatic rings. The minimum absolute atomic E-state index is 0.0390. The molecule has 7 nitrogen and oxygen atoms in total. The van der Waals surface area contributed by atoms with Crippen molar-refractivity contribution >= 4 is 17.3 Å². The molecule has 114 valence electrons. The summed E-state index contributed by atoms with van der Waals surface area (Å²) in [6.07, 6.45) is 0. The molecule has 2 rings (SSSR count). The number of nitro groups is 1. The van der Waals surface area contributed by atoms with E-state index in [0.29, 0.717) is 30.9 Å². The predicted octanol–water partition coefficient (Wildman–Crippen LogP) is 1.14. The van der Waals surface area contributed by atoms with Crippen LogP contribution >= 0.6 is 0 Å². The first-order chi connectivity index (χ1) is 10.0. The van der Waals surface area contributed by atoms with Crippen molar-refractivity contribution in [3.05, 3.63) is 33.9 Å². The smallest absolute Gasteiger partial charge is 0.292 e. The number of hydrogen-bond acceptors (Lipinski definition) is 5. The Bertz CT molecular complexity index is 547. The first kappa shape index (κ1) is 15.2. The van der Waals surface area contributed by atoms with Gasteiger partial charge >= 0.3 is 0 Å². The van der Waals surface area contributed by atoms with Gasteiger partial charge in [-0.3, -0.25) is 14.9 Å². The van der Waals surface area contributed by atoms with E-state index in [9.17, 15) is 14.9 Å². The van der Waals surface area contributed by atoms with E-state index in [1.807, 2.05) is 18.7 Å². The fourth-order valence-corrected chi connectivity index (χ4v) is 2.49. The number of rotatable bonds is 4. The number of nitrogens with one attached hydrogen (secondary N) is 2. The Labute approximate surface area is 123 Å². The number of amides is 1. The van der Waals surface area contributed by atoms with E-state index in [2.05, 4.69) is 10.6 Å². The maximum absolute atomic E-state index is 11.9. The second kappa shape index (κ2) is 6.53. The lowest BCUT2D eigenvalue weighted by Crippen LogP contribution is -2.49. The normalized spacial score (nSPS) is 18.4. The van der Waals surface area contributed by atoms with Crippen LogP contribution in [0.3, 0.4) is 0 Å². The minimum atomic E-state index is -0.399. The van der Waals surface area contributed by atoms with E-state index >= 15 is 0 Å². The third-order valence-corrected chi connectivity index (χ3v) is 3.48. The number of nitro benzene ring substituents is 1. The van der Waals surface area contributed by atoms with Gasteiger partial charge in [0.1, 0.15) is 5.69 Å². The highest BCUT2D eigenvalue weighted by molar-refractivity contribution is 5.96. The molecule has 7 heteroatoms. The molecule has 1 aromatic carbocycles. The molecule has 1 aliphatic heterocycles. The Balaban J connectivity index is 2.37. The van der Waals surface area contributed by atoms with Crippen LogP contribution < -0.4 is 15.5 Å². The summed E-state index contributed by atoms with van der Waals surface area (Å²) < 4.78 is 0. The van der Waals surface area contributed by atoms with Crippen molar-refractivity contribution < 1.29 is 9.72 Å². The first-order valence-corrected chi connectivity index (χ1v) is 7.08. The molecule has 0 saturated carbocycles. The molecular formula is C14H20N4O3. The number of benzene rings is 1. The number of hydrogen-bond donors (Lipinski definition) is 2. The molecule has 0 aromatic heterocycles. The molecule has 2 N–H and O–H groups in total. The number of piperazine rings is 1. The van der Waals surface area contributed by atoms with Gasteiger partial charge in [-0.2, -0.15) is 0 Å². The van der Waals surface area contributed by atoms with Gasteiger partial charge in [0.15, 0.2) is 0 Å². The van der Waals surface area contributed by atoms with Crippen LogP contribution in [0.4, 0.5) is 11.4 Å². The quantitative estimate of drug-likeness (QED) is 0.642. The molecule has 1 saturated heterocycles. The van der Waals surface area contributed by atoms with Crippen LogP contribution in [0.15, 0.2) is 18.2 Å². The fourth-order valence-electron chi connectivity index (χ4n) is 2.49. The zero-order chi connectivity index (χ0) is 15.4. The largest absolute Gasteiger partial charge is 0.363 e. The zero-order valence-electron chi connectivity index (χ0n) is 12.3. The monoisotopic (exact) mass is 292 g/mol. The lowest BCUT2D eigenvalue weighted by atomic mass is 10.1. The van der Waals surface area contributed by atoms with Crippen molar-refractivity contribution in [1.29, 1.82) is 0 Å². The Morgan fingerprint density at radius 2 is 2.33 bits per heavy atom. The van der Waals surface area contributed by atoms with Gasteiger partial charge in [0.05, 0.1) is 4.92 Å². The number of anilines is 1. The third-order valence-electron chi connectivity index (χ3n) is 3.48.